The number of nitrogens with one attached hydrogen (secondary N) is 1. The number of halogens is 1. The van der Waals surface area contributed by atoms with E-state index in [2.05, 4.69) is 5.32 Å². The maximum Gasteiger partial charge on any atom is 0.255 e. The van der Waals surface area contributed by atoms with Gasteiger partial charge in [-0.25, -0.2) is 4.39 Å². The first kappa shape index (κ1) is 18.4. The molecule has 1 aromatic heterocycles. The van der Waals surface area contributed by atoms with Gasteiger partial charge >= 0.3 is 0 Å². The van der Waals surface area contributed by atoms with Crippen LogP contribution in [0.3, 0.4) is 0 Å². The molecule has 0 bridgehead atoms. The maximum atomic E-state index is 13.0. The Bertz CT molecular complexity index is 1260. The lowest BCUT2D eigenvalue weighted by atomic mass is 10.1. The highest BCUT2D eigenvalue weighted by molar-refractivity contribution is 6.05. The first-order valence-electron chi connectivity index (χ1n) is 8.83. The summed E-state index contributed by atoms with van der Waals surface area (Å²) in [5, 5.41) is 3.12. The quantitative estimate of drug-likeness (QED) is 0.541. The minimum absolute atomic E-state index is 0.205. The van der Waals surface area contributed by atoms with Gasteiger partial charge in [-0.05, 0) is 48.5 Å². The molecule has 0 aliphatic heterocycles. The summed E-state index contributed by atoms with van der Waals surface area (Å²) in [5.41, 5.74) is 1.54. The fourth-order valence-corrected chi connectivity index (χ4v) is 3.02. The third kappa shape index (κ3) is 3.73. The molecule has 4 rings (SSSR count). The van der Waals surface area contributed by atoms with Gasteiger partial charge in [-0.2, -0.15) is 0 Å². The van der Waals surface area contributed by atoms with Gasteiger partial charge < -0.3 is 14.5 Å². The first-order chi connectivity index (χ1) is 14.0. The van der Waals surface area contributed by atoms with E-state index in [1.165, 1.54) is 30.3 Å². The molecule has 0 saturated heterocycles. The monoisotopic (exact) mass is 389 g/mol. The Morgan fingerprint density at radius 3 is 2.52 bits per heavy atom. The van der Waals surface area contributed by atoms with Crippen molar-refractivity contribution in [2.24, 2.45) is 0 Å². The Morgan fingerprint density at radius 2 is 1.76 bits per heavy atom. The smallest absolute Gasteiger partial charge is 0.255 e. The average Bonchev–Trinajstić information content (AvgIpc) is 2.73. The van der Waals surface area contributed by atoms with Crippen LogP contribution < -0.4 is 15.5 Å². The van der Waals surface area contributed by atoms with Crippen molar-refractivity contribution in [1.82, 2.24) is 0 Å². The number of carbonyl (C=O) groups is 1. The highest BCUT2D eigenvalue weighted by atomic mass is 19.1. The highest BCUT2D eigenvalue weighted by Crippen LogP contribution is 2.31. The standard InChI is InChI=1S/C23H16FNO4/c1-28-20-5-3-2-4-18(20)22-13-19(26)17-11-10-16(12-21(17)29-22)25-23(27)14-6-8-15(24)9-7-14/h2-13H,1H3,(H,25,27). The van der Waals surface area contributed by atoms with Crippen LogP contribution in [0.2, 0.25) is 0 Å². The fraction of sp³-hybridized carbons (Fsp3) is 0.0435. The van der Waals surface area contributed by atoms with Gasteiger partial charge in [0.25, 0.3) is 5.91 Å². The summed E-state index contributed by atoms with van der Waals surface area (Å²) in [6, 6.07) is 18.6. The molecule has 29 heavy (non-hydrogen) atoms. The molecule has 0 atom stereocenters. The lowest BCUT2D eigenvalue weighted by Crippen LogP contribution is -2.12. The molecular weight excluding hydrogens is 373 g/mol. The molecule has 0 fully saturated rings. The van der Waals surface area contributed by atoms with Gasteiger partial charge in [0.15, 0.2) is 5.43 Å². The van der Waals surface area contributed by atoms with E-state index >= 15 is 0 Å². The van der Waals surface area contributed by atoms with Crippen LogP contribution in [0.15, 0.2) is 82.0 Å². The van der Waals surface area contributed by atoms with Crippen LogP contribution in [-0.2, 0) is 0 Å². The number of anilines is 1. The Kier molecular flexibility index (Phi) is 4.83. The summed E-state index contributed by atoms with van der Waals surface area (Å²) >= 11 is 0. The second-order valence-electron chi connectivity index (χ2n) is 6.35. The lowest BCUT2D eigenvalue weighted by molar-refractivity contribution is 0.102. The first-order valence-corrected chi connectivity index (χ1v) is 8.83. The van der Waals surface area contributed by atoms with Gasteiger partial charge in [-0.1, -0.05) is 12.1 Å². The van der Waals surface area contributed by atoms with Crippen molar-refractivity contribution in [1.29, 1.82) is 0 Å². The van der Waals surface area contributed by atoms with E-state index in [4.69, 9.17) is 9.15 Å². The second kappa shape index (κ2) is 7.59. The van der Waals surface area contributed by atoms with Gasteiger partial charge in [-0.15, -0.1) is 0 Å². The van der Waals surface area contributed by atoms with Crippen LogP contribution in [0.25, 0.3) is 22.3 Å². The molecule has 3 aromatic carbocycles. The van der Waals surface area contributed by atoms with Crippen LogP contribution >= 0.6 is 0 Å². The largest absolute Gasteiger partial charge is 0.496 e. The summed E-state index contributed by atoms with van der Waals surface area (Å²) < 4.78 is 24.3. The molecule has 144 valence electrons. The number of hydrogen-bond acceptors (Lipinski definition) is 4. The minimum atomic E-state index is -0.419. The van der Waals surface area contributed by atoms with Gasteiger partial charge in [0.05, 0.1) is 18.1 Å². The number of methoxy groups -OCH3 is 1. The Hall–Kier alpha value is -3.93. The Balaban J connectivity index is 1.72. The minimum Gasteiger partial charge on any atom is -0.496 e. The fourth-order valence-electron chi connectivity index (χ4n) is 3.02. The number of rotatable bonds is 4. The SMILES string of the molecule is COc1ccccc1-c1cc(=O)c2ccc(NC(=O)c3ccc(F)cc3)cc2o1. The molecule has 0 spiro atoms. The number of amides is 1. The number of carbonyl (C=O) groups excluding carboxylic acids is 1. The third-order valence-electron chi connectivity index (χ3n) is 4.47. The molecule has 1 N–H and O–H groups in total. The van der Waals surface area contributed by atoms with Crippen molar-refractivity contribution in [2.75, 3.05) is 12.4 Å². The van der Waals surface area contributed by atoms with Crippen molar-refractivity contribution in [3.63, 3.8) is 0 Å². The molecule has 0 aliphatic carbocycles. The van der Waals surface area contributed by atoms with Gasteiger partial charge in [0.1, 0.15) is 22.9 Å². The zero-order chi connectivity index (χ0) is 20.4. The second-order valence-corrected chi connectivity index (χ2v) is 6.35. The molecule has 1 heterocycles. The van der Waals surface area contributed by atoms with Crippen molar-refractivity contribution in [3.8, 4) is 17.1 Å². The zero-order valence-electron chi connectivity index (χ0n) is 15.4. The molecule has 0 radical (unpaired) electrons. The van der Waals surface area contributed by atoms with Gasteiger partial charge in [0, 0.05) is 23.4 Å². The van der Waals surface area contributed by atoms with Gasteiger partial charge in [-0.3, -0.25) is 9.59 Å². The molecular formula is C23H16FNO4. The molecule has 4 aromatic rings. The average molecular weight is 389 g/mol. The van der Waals surface area contributed by atoms with Crippen molar-refractivity contribution in [2.45, 2.75) is 0 Å². The van der Waals surface area contributed by atoms with Crippen molar-refractivity contribution in [3.05, 3.63) is 94.4 Å². The number of ether oxygens (including phenoxy) is 1. The molecule has 6 heteroatoms. The third-order valence-corrected chi connectivity index (χ3v) is 4.47. The number of fused-ring (bicyclic) bond motifs is 1. The van der Waals surface area contributed by atoms with E-state index in [0.29, 0.717) is 39.3 Å². The predicted molar refractivity (Wildman–Crippen MR) is 109 cm³/mol. The molecule has 1 amide bonds. The maximum absolute atomic E-state index is 13.0. The van der Waals surface area contributed by atoms with E-state index in [9.17, 15) is 14.0 Å². The normalized spacial score (nSPS) is 10.7. The van der Waals surface area contributed by atoms with E-state index in [1.54, 1.807) is 37.4 Å². The van der Waals surface area contributed by atoms with Crippen LogP contribution in [0.1, 0.15) is 10.4 Å². The summed E-state index contributed by atoms with van der Waals surface area (Å²) in [4.78, 5) is 24.9. The van der Waals surface area contributed by atoms with E-state index in [1.807, 2.05) is 12.1 Å². The van der Waals surface area contributed by atoms with E-state index < -0.39 is 11.7 Å². The summed E-state index contributed by atoms with van der Waals surface area (Å²) in [7, 11) is 1.54. The highest BCUT2D eigenvalue weighted by Gasteiger charge is 2.13. The molecule has 0 aliphatic rings. The Labute approximate surface area is 165 Å². The zero-order valence-corrected chi connectivity index (χ0v) is 15.4. The molecule has 5 nitrogen and oxygen atoms in total. The number of para-hydroxylation sites is 1. The lowest BCUT2D eigenvalue weighted by Gasteiger charge is -2.09. The van der Waals surface area contributed by atoms with E-state index in [0.717, 1.165) is 0 Å². The number of hydrogen-bond donors (Lipinski definition) is 1. The van der Waals surface area contributed by atoms with Crippen LogP contribution in [0.4, 0.5) is 10.1 Å². The van der Waals surface area contributed by atoms with Crippen molar-refractivity contribution < 1.29 is 18.3 Å². The van der Waals surface area contributed by atoms with Crippen molar-refractivity contribution >= 4 is 22.6 Å². The Morgan fingerprint density at radius 1 is 1.00 bits per heavy atom. The topological polar surface area (TPSA) is 68.5 Å². The summed E-state index contributed by atoms with van der Waals surface area (Å²) in [5.74, 6) is 0.128. The molecule has 0 unspecified atom stereocenters. The summed E-state index contributed by atoms with van der Waals surface area (Å²) in [6.07, 6.45) is 0. The van der Waals surface area contributed by atoms with Crippen LogP contribution in [-0.4, -0.2) is 13.0 Å². The molecule has 0 saturated carbocycles. The van der Waals surface area contributed by atoms with Crippen LogP contribution in [0, 0.1) is 5.82 Å². The number of benzene rings is 3. The predicted octanol–water partition coefficient (Wildman–Crippen LogP) is 4.86. The van der Waals surface area contributed by atoms with Gasteiger partial charge in [0.2, 0.25) is 0 Å². The van der Waals surface area contributed by atoms with Crippen LogP contribution in [0.5, 0.6) is 5.75 Å². The summed E-state index contributed by atoms with van der Waals surface area (Å²) in [6.45, 7) is 0. The van der Waals surface area contributed by atoms with E-state index in [-0.39, 0.29) is 5.43 Å².